The zero-order valence-electron chi connectivity index (χ0n) is 11.2. The highest BCUT2D eigenvalue weighted by Gasteiger charge is 2.32. The fraction of sp³-hybridized carbons (Fsp3) is 0.500. The van der Waals surface area contributed by atoms with Crippen LogP contribution in [0.2, 0.25) is 0 Å². The predicted octanol–water partition coefficient (Wildman–Crippen LogP) is 2.38. The molecule has 1 aromatic heterocycles. The number of carbonyl (C=O) groups excluding carboxylic acids is 1. The molecule has 2 rings (SSSR count). The largest absolute Gasteiger partial charge is 0.417 e. The van der Waals surface area contributed by atoms with Crippen LogP contribution in [0.4, 0.5) is 13.2 Å². The molecule has 0 saturated carbocycles. The van der Waals surface area contributed by atoms with Gasteiger partial charge in [-0.15, -0.1) is 24.8 Å². The molecule has 9 heteroatoms. The second-order valence-corrected chi connectivity index (χ2v) is 4.46. The van der Waals surface area contributed by atoms with E-state index in [9.17, 15) is 18.0 Å². The van der Waals surface area contributed by atoms with E-state index in [-0.39, 0.29) is 42.5 Å². The van der Waals surface area contributed by atoms with Crippen LogP contribution < -0.4 is 5.32 Å². The van der Waals surface area contributed by atoms with Crippen LogP contribution in [-0.4, -0.2) is 42.0 Å². The maximum absolute atomic E-state index is 12.4. The van der Waals surface area contributed by atoms with Gasteiger partial charge in [0.25, 0.3) is 5.91 Å². The fourth-order valence-corrected chi connectivity index (χ4v) is 2.03. The van der Waals surface area contributed by atoms with E-state index >= 15 is 0 Å². The zero-order valence-corrected chi connectivity index (χ0v) is 12.8. The number of nitrogens with zero attached hydrogens (tertiary/aromatic N) is 2. The van der Waals surface area contributed by atoms with Crippen LogP contribution in [0.15, 0.2) is 18.3 Å². The van der Waals surface area contributed by atoms with Gasteiger partial charge in [0, 0.05) is 25.3 Å². The molecular weight excluding hydrogens is 330 g/mol. The van der Waals surface area contributed by atoms with E-state index in [4.69, 9.17) is 0 Å². The third-order valence-electron chi connectivity index (χ3n) is 3.19. The second-order valence-electron chi connectivity index (χ2n) is 4.46. The standard InChI is InChI=1S/C12H14F3N3O.2ClH/c1-16-9-4-5-18(7-9)11(19)10-3-2-8(6-17-10)12(13,14)15;;/h2-3,6,9,16H,4-5,7H2,1H3;2*1H. The molecule has 2 heterocycles. The van der Waals surface area contributed by atoms with Gasteiger partial charge in [-0.1, -0.05) is 0 Å². The number of amides is 1. The van der Waals surface area contributed by atoms with Crippen molar-refractivity contribution in [3.05, 3.63) is 29.6 Å². The molecule has 1 fully saturated rings. The average Bonchev–Trinajstić information content (AvgIpc) is 2.86. The van der Waals surface area contributed by atoms with Gasteiger partial charge in [0.2, 0.25) is 0 Å². The summed E-state index contributed by atoms with van der Waals surface area (Å²) in [6, 6.07) is 2.24. The Hall–Kier alpha value is -1.05. The Morgan fingerprint density at radius 1 is 1.38 bits per heavy atom. The van der Waals surface area contributed by atoms with Crippen LogP contribution in [0.3, 0.4) is 0 Å². The van der Waals surface area contributed by atoms with E-state index in [0.29, 0.717) is 19.3 Å². The van der Waals surface area contributed by atoms with Crippen LogP contribution in [0.25, 0.3) is 0 Å². The Morgan fingerprint density at radius 2 is 2.05 bits per heavy atom. The monoisotopic (exact) mass is 345 g/mol. The van der Waals surface area contributed by atoms with Gasteiger partial charge in [-0.25, -0.2) is 0 Å². The van der Waals surface area contributed by atoms with Crippen molar-refractivity contribution in [1.29, 1.82) is 0 Å². The van der Waals surface area contributed by atoms with Crippen molar-refractivity contribution in [3.8, 4) is 0 Å². The number of carbonyl (C=O) groups is 1. The SMILES string of the molecule is CNC1CCN(C(=O)c2ccc(C(F)(F)F)cn2)C1.Cl.Cl. The molecule has 1 aliphatic rings. The molecule has 1 saturated heterocycles. The molecule has 1 aliphatic heterocycles. The van der Waals surface area contributed by atoms with Crippen molar-refractivity contribution in [2.24, 2.45) is 0 Å². The lowest BCUT2D eigenvalue weighted by molar-refractivity contribution is -0.137. The first-order valence-corrected chi connectivity index (χ1v) is 5.91. The van der Waals surface area contributed by atoms with E-state index in [2.05, 4.69) is 10.3 Å². The third kappa shape index (κ3) is 4.72. The van der Waals surface area contributed by atoms with Gasteiger partial charge in [-0.2, -0.15) is 13.2 Å². The minimum absolute atomic E-state index is 0. The van der Waals surface area contributed by atoms with Gasteiger partial charge >= 0.3 is 6.18 Å². The lowest BCUT2D eigenvalue weighted by Gasteiger charge is -2.16. The molecule has 21 heavy (non-hydrogen) atoms. The summed E-state index contributed by atoms with van der Waals surface area (Å²) in [5, 5.41) is 3.07. The van der Waals surface area contributed by atoms with Crippen LogP contribution in [0.1, 0.15) is 22.5 Å². The number of rotatable bonds is 2. The minimum atomic E-state index is -4.43. The summed E-state index contributed by atoms with van der Waals surface area (Å²) in [4.78, 5) is 17.2. The average molecular weight is 346 g/mol. The van der Waals surface area contributed by atoms with Crippen molar-refractivity contribution in [3.63, 3.8) is 0 Å². The number of pyridine rings is 1. The smallest absolute Gasteiger partial charge is 0.336 e. The molecule has 0 spiro atoms. The normalized spacial score (nSPS) is 17.9. The number of likely N-dealkylation sites (N-methyl/N-ethyl adjacent to an activating group) is 1. The molecule has 1 amide bonds. The Labute approximate surface area is 132 Å². The fourth-order valence-electron chi connectivity index (χ4n) is 2.03. The summed E-state index contributed by atoms with van der Waals surface area (Å²) in [7, 11) is 1.81. The first-order chi connectivity index (χ1) is 8.91. The van der Waals surface area contributed by atoms with Crippen molar-refractivity contribution in [1.82, 2.24) is 15.2 Å². The van der Waals surface area contributed by atoms with Crippen LogP contribution in [-0.2, 0) is 6.18 Å². The Bertz CT molecular complexity index is 468. The van der Waals surface area contributed by atoms with Crippen LogP contribution in [0.5, 0.6) is 0 Å². The summed E-state index contributed by atoms with van der Waals surface area (Å²) in [6.45, 7) is 1.14. The Balaban J connectivity index is 0.00000200. The van der Waals surface area contributed by atoms with Crippen molar-refractivity contribution in [2.45, 2.75) is 18.6 Å². The van der Waals surface area contributed by atoms with Gasteiger partial charge < -0.3 is 10.2 Å². The summed E-state index contributed by atoms with van der Waals surface area (Å²) in [5.74, 6) is -0.327. The molecular formula is C12H16Cl2F3N3O. The van der Waals surface area contributed by atoms with Crippen molar-refractivity contribution in [2.75, 3.05) is 20.1 Å². The summed E-state index contributed by atoms with van der Waals surface area (Å²) >= 11 is 0. The van der Waals surface area contributed by atoms with Crippen molar-refractivity contribution < 1.29 is 18.0 Å². The van der Waals surface area contributed by atoms with Gasteiger partial charge in [-0.05, 0) is 25.6 Å². The highest BCUT2D eigenvalue weighted by Crippen LogP contribution is 2.28. The van der Waals surface area contributed by atoms with E-state index in [1.807, 2.05) is 7.05 Å². The van der Waals surface area contributed by atoms with Gasteiger partial charge in [0.15, 0.2) is 0 Å². The highest BCUT2D eigenvalue weighted by molar-refractivity contribution is 5.92. The molecule has 1 aromatic rings. The first-order valence-electron chi connectivity index (χ1n) is 5.91. The van der Waals surface area contributed by atoms with Gasteiger partial charge in [0.1, 0.15) is 5.69 Å². The minimum Gasteiger partial charge on any atom is -0.336 e. The molecule has 1 unspecified atom stereocenters. The van der Waals surface area contributed by atoms with Gasteiger partial charge in [-0.3, -0.25) is 9.78 Å². The number of likely N-dealkylation sites (tertiary alicyclic amines) is 1. The highest BCUT2D eigenvalue weighted by atomic mass is 35.5. The predicted molar refractivity (Wildman–Crippen MR) is 77.1 cm³/mol. The maximum atomic E-state index is 12.4. The molecule has 4 nitrogen and oxygen atoms in total. The van der Waals surface area contributed by atoms with Crippen LogP contribution in [0, 0.1) is 0 Å². The lowest BCUT2D eigenvalue weighted by atomic mass is 10.2. The van der Waals surface area contributed by atoms with Crippen molar-refractivity contribution >= 4 is 30.7 Å². The quantitative estimate of drug-likeness (QED) is 0.894. The number of alkyl halides is 3. The number of aromatic nitrogens is 1. The number of hydrogen-bond donors (Lipinski definition) is 1. The molecule has 0 radical (unpaired) electrons. The van der Waals surface area contributed by atoms with Gasteiger partial charge in [0.05, 0.1) is 5.56 Å². The Morgan fingerprint density at radius 3 is 2.48 bits per heavy atom. The first kappa shape index (κ1) is 19.9. The maximum Gasteiger partial charge on any atom is 0.417 e. The number of hydrogen-bond acceptors (Lipinski definition) is 3. The summed E-state index contributed by atoms with van der Waals surface area (Å²) in [6.07, 6.45) is -2.90. The van der Waals surface area contributed by atoms with Crippen LogP contribution >= 0.6 is 24.8 Å². The molecule has 120 valence electrons. The number of halogens is 5. The third-order valence-corrected chi connectivity index (χ3v) is 3.19. The molecule has 1 atom stereocenters. The summed E-state index contributed by atoms with van der Waals surface area (Å²) in [5.41, 5.74) is -0.802. The van der Waals surface area contributed by atoms with E-state index < -0.39 is 11.7 Å². The topological polar surface area (TPSA) is 45.2 Å². The molecule has 1 N–H and O–H groups in total. The summed E-state index contributed by atoms with van der Waals surface area (Å²) < 4.78 is 37.1. The second kappa shape index (κ2) is 7.82. The lowest BCUT2D eigenvalue weighted by Crippen LogP contribution is -2.33. The Kier molecular flexibility index (Phi) is 7.43. The molecule has 0 aromatic carbocycles. The van der Waals surface area contributed by atoms with E-state index in [0.717, 1.165) is 18.6 Å². The van der Waals surface area contributed by atoms with E-state index in [1.54, 1.807) is 4.90 Å². The van der Waals surface area contributed by atoms with E-state index in [1.165, 1.54) is 0 Å². The molecule has 0 aliphatic carbocycles. The molecule has 0 bridgehead atoms. The zero-order chi connectivity index (χ0) is 14.0. The number of nitrogens with one attached hydrogen (secondary N) is 1.